The zero-order valence-corrected chi connectivity index (χ0v) is 26.8. The van der Waals surface area contributed by atoms with Crippen LogP contribution in [0.15, 0.2) is 23.5 Å². The number of Topliss-reactive ketones (excluding diaryl/α,β-unsaturated/α-hetero) is 1. The van der Waals surface area contributed by atoms with Gasteiger partial charge in [0.05, 0.1) is 13.4 Å². The van der Waals surface area contributed by atoms with E-state index in [-0.39, 0.29) is 34.8 Å². The molecule has 0 saturated heterocycles. The van der Waals surface area contributed by atoms with Crippen LogP contribution in [0.25, 0.3) is 36.1 Å². The monoisotopic (exact) mass is 585 g/mol. The van der Waals surface area contributed by atoms with Crippen molar-refractivity contribution in [3.8, 4) is 0 Å². The predicted octanol–water partition coefficient (Wildman–Crippen LogP) is 1.35. The summed E-state index contributed by atoms with van der Waals surface area (Å²) in [5.74, 6) is -2.03. The summed E-state index contributed by atoms with van der Waals surface area (Å²) in [7, 11) is 1.30. The average molecular weight is 586 g/mol. The number of esters is 1. The van der Waals surface area contributed by atoms with Gasteiger partial charge in [0.15, 0.2) is 5.78 Å². The maximum atomic E-state index is 13.9. The molecule has 3 aromatic heterocycles. The fourth-order valence-corrected chi connectivity index (χ4v) is 6.66. The molecule has 0 radical (unpaired) electrons. The first kappa shape index (κ1) is 30.5. The summed E-state index contributed by atoms with van der Waals surface area (Å²) in [5, 5.41) is 16.1. The molecule has 0 unspecified atom stereocenters. The first-order valence-corrected chi connectivity index (χ1v) is 14.2. The smallest absolute Gasteiger partial charge is 0.657 e. The van der Waals surface area contributed by atoms with E-state index in [1.807, 2.05) is 39.0 Å². The van der Waals surface area contributed by atoms with Crippen LogP contribution in [0.2, 0.25) is 0 Å². The largest absolute Gasteiger partial charge is 2.00 e. The minimum absolute atomic E-state index is 0. The molecule has 0 aromatic carbocycles. The van der Waals surface area contributed by atoms with Crippen molar-refractivity contribution >= 4 is 70.9 Å². The number of allylic oxidation sites excluding steroid dienone is 2. The number of carbonyl (C=O) groups is 2. The maximum absolute atomic E-state index is 13.9. The van der Waals surface area contributed by atoms with Crippen molar-refractivity contribution in [3.05, 3.63) is 89.7 Å². The number of aromatic nitrogens is 3. The van der Waals surface area contributed by atoms with E-state index in [0.717, 1.165) is 45.6 Å². The van der Waals surface area contributed by atoms with E-state index in [9.17, 15) is 14.7 Å². The van der Waals surface area contributed by atoms with Crippen molar-refractivity contribution in [1.82, 2.24) is 20.3 Å². The second-order valence-corrected chi connectivity index (χ2v) is 11.0. The van der Waals surface area contributed by atoms with Gasteiger partial charge in [-0.25, -0.2) is 0 Å². The van der Waals surface area contributed by atoms with Gasteiger partial charge in [0.25, 0.3) is 0 Å². The number of nitrogens with zero attached hydrogens (tertiary/aromatic N) is 3. The van der Waals surface area contributed by atoms with Gasteiger partial charge in [0.2, 0.25) is 0 Å². The summed E-state index contributed by atoms with van der Waals surface area (Å²) in [6.07, 6.45) is 9.96. The van der Waals surface area contributed by atoms with E-state index in [2.05, 4.69) is 25.7 Å². The Morgan fingerprint density at radius 2 is 1.77 bits per heavy atom. The molecule has 2 aliphatic heterocycles. The van der Waals surface area contributed by atoms with Gasteiger partial charge in [-0.1, -0.05) is 68.3 Å². The molecule has 9 heteroatoms. The van der Waals surface area contributed by atoms with E-state index in [4.69, 9.17) is 19.7 Å². The van der Waals surface area contributed by atoms with Crippen LogP contribution >= 0.6 is 0 Å². The van der Waals surface area contributed by atoms with Gasteiger partial charge in [-0.2, -0.15) is 0 Å². The van der Waals surface area contributed by atoms with Crippen molar-refractivity contribution in [3.63, 3.8) is 0 Å². The molecular formula is C34H33MgN4O4-. The predicted molar refractivity (Wildman–Crippen MR) is 168 cm³/mol. The zero-order valence-electron chi connectivity index (χ0n) is 25.4. The topological polar surface area (TPSA) is 118 Å². The van der Waals surface area contributed by atoms with Crippen LogP contribution in [-0.4, -0.2) is 47.0 Å². The van der Waals surface area contributed by atoms with Crippen molar-refractivity contribution < 1.29 is 19.4 Å². The normalized spacial score (nSPS) is 21.8. The number of carbonyl (C=O) groups excluding carboxylic acids is 2. The van der Waals surface area contributed by atoms with Gasteiger partial charge in [0, 0.05) is 22.9 Å². The van der Waals surface area contributed by atoms with Crippen molar-refractivity contribution in [2.75, 3.05) is 7.11 Å². The maximum Gasteiger partial charge on any atom is 2.00 e. The Morgan fingerprint density at radius 3 is 2.40 bits per heavy atom. The molecule has 0 spiro atoms. The average Bonchev–Trinajstić information content (AvgIpc) is 3.72. The molecule has 8 nitrogen and oxygen atoms in total. The van der Waals surface area contributed by atoms with Gasteiger partial charge in [-0.15, -0.1) is 33.1 Å². The van der Waals surface area contributed by atoms with Crippen LogP contribution < -0.4 is 41.5 Å². The fourth-order valence-electron chi connectivity index (χ4n) is 6.66. The van der Waals surface area contributed by atoms with Crippen molar-refractivity contribution in [1.29, 1.82) is 0 Å². The van der Waals surface area contributed by atoms with E-state index >= 15 is 0 Å². The van der Waals surface area contributed by atoms with Crippen LogP contribution in [0.3, 0.4) is 0 Å². The molecule has 43 heavy (non-hydrogen) atoms. The Bertz CT molecular complexity index is 2030. The second-order valence-electron chi connectivity index (χ2n) is 11.0. The molecular weight excluding hydrogens is 553 g/mol. The van der Waals surface area contributed by atoms with Gasteiger partial charge in [0.1, 0.15) is 5.92 Å². The molecule has 0 amide bonds. The Balaban J connectivity index is 0.00000368. The van der Waals surface area contributed by atoms with E-state index < -0.39 is 11.9 Å². The Kier molecular flexibility index (Phi) is 8.00. The van der Waals surface area contributed by atoms with Crippen LogP contribution in [0.1, 0.15) is 76.9 Å². The molecule has 5 heterocycles. The van der Waals surface area contributed by atoms with Gasteiger partial charge in [-0.3, -0.25) is 9.59 Å². The summed E-state index contributed by atoms with van der Waals surface area (Å²) >= 11 is 0. The molecule has 2 N–H and O–H groups in total. The van der Waals surface area contributed by atoms with E-state index in [1.165, 1.54) is 7.11 Å². The summed E-state index contributed by atoms with van der Waals surface area (Å²) < 4.78 is 5.13. The summed E-state index contributed by atoms with van der Waals surface area (Å²) in [6.45, 7) is 14.1. The first-order chi connectivity index (χ1) is 20.2. The number of rotatable bonds is 4. The number of ketones is 1. The molecule has 3 aliphatic rings. The summed E-state index contributed by atoms with van der Waals surface area (Å²) in [5.41, 5.74) is 9.26. The standard InChI is InChI=1S/C34H33N4O4.Mg/c1-8-18-15(4)22-11-23-16(5)19(9-2)31(37-23)29-30(34(41)42-7)33(40)28-17(6)24(38-32(28)29)12-26-20(10-3)21(14-39)27(36-26)13-25(18)35-22;/h8,11-14,16,30,37H,1,9-10H2,2-7H3,(H,39,40);/q-3;+2/b23-11-,27-13-;/t16-,30+;/m0./s1. The number of aliphatic hydroxyl groups is 1. The Morgan fingerprint density at radius 1 is 1.05 bits per heavy atom. The molecule has 6 rings (SSSR count). The molecule has 1 aliphatic carbocycles. The van der Waals surface area contributed by atoms with Gasteiger partial charge < -0.3 is 30.1 Å². The number of ether oxygens (including phenoxy) is 1. The van der Waals surface area contributed by atoms with Crippen LogP contribution in [0, 0.1) is 25.7 Å². The molecule has 8 bridgehead atoms. The van der Waals surface area contributed by atoms with Gasteiger partial charge in [-0.05, 0) is 48.6 Å². The molecule has 3 aromatic rings. The quantitative estimate of drug-likeness (QED) is 0.268. The second kappa shape index (κ2) is 11.3. The van der Waals surface area contributed by atoms with E-state index in [0.29, 0.717) is 62.2 Å². The number of methoxy groups -OCH3 is 1. The fraction of sp³-hybridized carbons (Fsp3) is 0.294. The van der Waals surface area contributed by atoms with Crippen molar-refractivity contribution in [2.24, 2.45) is 11.8 Å². The minimum Gasteiger partial charge on any atom is -0.657 e. The molecule has 216 valence electrons. The molecule has 0 saturated carbocycles. The summed E-state index contributed by atoms with van der Waals surface area (Å²) in [4.78, 5) is 41.8. The number of aliphatic hydroxyl groups excluding tert-OH is 1. The Hall–Kier alpha value is -3.95. The molecule has 2 atom stereocenters. The first-order valence-electron chi connectivity index (χ1n) is 14.2. The molecule has 0 fully saturated rings. The van der Waals surface area contributed by atoms with Crippen LogP contribution in [0.5, 0.6) is 0 Å². The third-order valence-electron chi connectivity index (χ3n) is 8.93. The van der Waals surface area contributed by atoms with Crippen LogP contribution in [-0.2, 0) is 16.0 Å². The third kappa shape index (κ3) is 4.40. The van der Waals surface area contributed by atoms with Gasteiger partial charge >= 0.3 is 29.0 Å². The Labute approximate surface area is 265 Å². The SMILES string of the molecule is C=Cc1c2[n-]c(c1C)/C=C1\NC(=C(CC)[C@@H]1C)C1=c3[n-]/c(c(C)c3C(=O)[C@@H]1C(=O)OC)=C\c1[n-]c(/c(=C/O)c1CC)=C\2.[Mg+2]. The number of hydrogen-bond acceptors (Lipinski definition) is 5. The summed E-state index contributed by atoms with van der Waals surface area (Å²) in [6, 6.07) is 0. The zero-order chi connectivity index (χ0) is 30.0. The minimum atomic E-state index is -1.10. The number of nitrogens with one attached hydrogen (secondary N) is 1. The van der Waals surface area contributed by atoms with Crippen LogP contribution in [0.4, 0.5) is 0 Å². The van der Waals surface area contributed by atoms with Crippen molar-refractivity contribution in [2.45, 2.75) is 47.5 Å². The third-order valence-corrected chi connectivity index (χ3v) is 8.93. The number of hydrogen-bond donors (Lipinski definition) is 2. The van der Waals surface area contributed by atoms with E-state index in [1.54, 1.807) is 6.08 Å². The number of fused-ring (bicyclic) bond motifs is 8.